The van der Waals surface area contributed by atoms with Crippen LogP contribution in [0, 0.1) is 0 Å². The summed E-state index contributed by atoms with van der Waals surface area (Å²) in [6.45, 7) is 4.67. The summed E-state index contributed by atoms with van der Waals surface area (Å²) >= 11 is 2.17. The van der Waals surface area contributed by atoms with E-state index >= 15 is 0 Å². The summed E-state index contributed by atoms with van der Waals surface area (Å²) in [7, 11) is 0. The first-order chi connectivity index (χ1) is 8.84. The number of hydrogen-bond donors (Lipinski definition) is 0. The Hall–Kier alpha value is 0.350. The fraction of sp³-hybridized carbons (Fsp3) is 1.00. The Morgan fingerprint density at radius 1 is 0.667 bits per heavy atom. The van der Waals surface area contributed by atoms with E-state index < -0.39 is 0 Å². The van der Waals surface area contributed by atoms with E-state index in [1.54, 1.807) is 0 Å². The zero-order chi connectivity index (χ0) is 13.1. The van der Waals surface area contributed by atoms with Gasteiger partial charge >= 0.3 is 0 Å². The van der Waals surface area contributed by atoms with E-state index in [1.165, 1.54) is 83.5 Å². The van der Waals surface area contributed by atoms with Gasteiger partial charge in [-0.05, 0) is 6.42 Å². The molecule has 0 aliphatic carbocycles. The number of hydrogen-bond acceptors (Lipinski definition) is 1. The molecule has 0 aromatic heterocycles. The summed E-state index contributed by atoms with van der Waals surface area (Å²) in [5.74, 6) is 0. The van der Waals surface area contributed by atoms with Crippen molar-refractivity contribution < 1.29 is 0 Å². The van der Waals surface area contributed by atoms with Crippen LogP contribution in [0.2, 0.25) is 0 Å². The molecule has 108 valence electrons. The Balaban J connectivity index is 1.63. The molecule has 2 atom stereocenters. The monoisotopic (exact) mass is 270 g/mol. The summed E-state index contributed by atoms with van der Waals surface area (Å²) in [6, 6.07) is 0. The van der Waals surface area contributed by atoms with Crippen molar-refractivity contribution in [1.82, 2.24) is 0 Å². The van der Waals surface area contributed by atoms with Gasteiger partial charge in [0.05, 0.1) is 0 Å². The van der Waals surface area contributed by atoms with Crippen molar-refractivity contribution in [2.75, 3.05) is 0 Å². The average molecular weight is 271 g/mol. The highest BCUT2D eigenvalue weighted by Gasteiger charge is 2.32. The van der Waals surface area contributed by atoms with Crippen LogP contribution in [0.3, 0.4) is 0 Å². The SMILES string of the molecule is CCCCCCCCCCCCCCC1SC1C. The molecule has 18 heavy (non-hydrogen) atoms. The van der Waals surface area contributed by atoms with Gasteiger partial charge in [-0.15, -0.1) is 0 Å². The van der Waals surface area contributed by atoms with Crippen LogP contribution in [0.5, 0.6) is 0 Å². The van der Waals surface area contributed by atoms with Gasteiger partial charge in [-0.3, -0.25) is 0 Å². The highest BCUT2D eigenvalue weighted by atomic mass is 32.2. The minimum Gasteiger partial charge on any atom is -0.153 e. The number of unbranched alkanes of at least 4 members (excludes halogenated alkanes) is 11. The van der Waals surface area contributed by atoms with Gasteiger partial charge in [-0.25, -0.2) is 0 Å². The van der Waals surface area contributed by atoms with Gasteiger partial charge in [0.2, 0.25) is 0 Å². The summed E-state index contributed by atoms with van der Waals surface area (Å²) in [6.07, 6.45) is 19.1. The molecule has 1 saturated heterocycles. The predicted molar refractivity (Wildman–Crippen MR) is 86.5 cm³/mol. The van der Waals surface area contributed by atoms with Crippen molar-refractivity contribution in [3.05, 3.63) is 0 Å². The molecule has 1 heterocycles. The Labute approximate surface area is 120 Å². The summed E-state index contributed by atoms with van der Waals surface area (Å²) in [5, 5.41) is 2.02. The Morgan fingerprint density at radius 2 is 1.06 bits per heavy atom. The molecule has 1 rings (SSSR count). The van der Waals surface area contributed by atoms with Crippen molar-refractivity contribution in [3.63, 3.8) is 0 Å². The molecule has 0 spiro atoms. The lowest BCUT2D eigenvalue weighted by Crippen LogP contribution is -1.89. The third-order valence-corrected chi connectivity index (χ3v) is 5.62. The zero-order valence-corrected chi connectivity index (χ0v) is 13.6. The maximum Gasteiger partial charge on any atom is 0.0167 e. The lowest BCUT2D eigenvalue weighted by molar-refractivity contribution is 0.540. The van der Waals surface area contributed by atoms with Crippen molar-refractivity contribution in [2.24, 2.45) is 0 Å². The van der Waals surface area contributed by atoms with Gasteiger partial charge in [-0.1, -0.05) is 90.9 Å². The molecule has 0 bridgehead atoms. The molecular formula is C17H34S. The smallest absolute Gasteiger partial charge is 0.0167 e. The molecule has 1 aliphatic heterocycles. The van der Waals surface area contributed by atoms with Crippen LogP contribution in [-0.4, -0.2) is 10.5 Å². The maximum atomic E-state index is 2.37. The topological polar surface area (TPSA) is 0 Å². The average Bonchev–Trinajstić information content (AvgIpc) is 3.07. The van der Waals surface area contributed by atoms with Crippen LogP contribution in [0.25, 0.3) is 0 Å². The minimum atomic E-state index is 0.984. The van der Waals surface area contributed by atoms with Gasteiger partial charge in [-0.2, -0.15) is 11.8 Å². The molecule has 1 fully saturated rings. The van der Waals surface area contributed by atoms with Crippen LogP contribution in [0.15, 0.2) is 0 Å². The predicted octanol–water partition coefficient (Wildman–Crippen LogP) is 6.58. The first-order valence-corrected chi connectivity index (χ1v) is 9.44. The summed E-state index contributed by atoms with van der Waals surface area (Å²) in [4.78, 5) is 0. The fourth-order valence-corrected chi connectivity index (χ4v) is 3.62. The molecule has 0 nitrogen and oxygen atoms in total. The molecule has 0 saturated carbocycles. The minimum absolute atomic E-state index is 0.984. The van der Waals surface area contributed by atoms with E-state index in [0.29, 0.717) is 0 Å². The Bertz CT molecular complexity index is 178. The Morgan fingerprint density at radius 3 is 1.44 bits per heavy atom. The second kappa shape index (κ2) is 11.2. The van der Waals surface area contributed by atoms with E-state index in [1.807, 2.05) is 0 Å². The van der Waals surface area contributed by atoms with Crippen molar-refractivity contribution in [3.8, 4) is 0 Å². The fourth-order valence-electron chi connectivity index (χ4n) is 2.72. The molecule has 0 aromatic carbocycles. The molecule has 1 aliphatic rings. The zero-order valence-electron chi connectivity index (χ0n) is 12.8. The second-order valence-electron chi connectivity index (χ2n) is 6.06. The molecule has 0 N–H and O–H groups in total. The summed E-state index contributed by atoms with van der Waals surface area (Å²) < 4.78 is 0. The van der Waals surface area contributed by atoms with Gasteiger partial charge in [0.1, 0.15) is 0 Å². The first-order valence-electron chi connectivity index (χ1n) is 8.50. The lowest BCUT2D eigenvalue weighted by Gasteiger charge is -2.02. The highest BCUT2D eigenvalue weighted by Crippen LogP contribution is 2.43. The standard InChI is InChI=1S/C17H34S/c1-3-4-5-6-7-8-9-10-11-12-13-14-15-17-16(2)18-17/h16-17H,3-15H2,1-2H3. The van der Waals surface area contributed by atoms with Gasteiger partial charge in [0.25, 0.3) is 0 Å². The maximum absolute atomic E-state index is 2.37. The van der Waals surface area contributed by atoms with Crippen LogP contribution < -0.4 is 0 Å². The van der Waals surface area contributed by atoms with Gasteiger partial charge in [0.15, 0.2) is 0 Å². The van der Waals surface area contributed by atoms with Crippen molar-refractivity contribution in [1.29, 1.82) is 0 Å². The first kappa shape index (κ1) is 16.4. The quantitative estimate of drug-likeness (QED) is 0.269. The van der Waals surface area contributed by atoms with E-state index in [2.05, 4.69) is 25.6 Å². The highest BCUT2D eigenvalue weighted by molar-refractivity contribution is 8.07. The van der Waals surface area contributed by atoms with Crippen molar-refractivity contribution >= 4 is 11.8 Å². The molecule has 1 heteroatoms. The number of rotatable bonds is 13. The molecule has 0 aromatic rings. The molecule has 0 radical (unpaired) electrons. The second-order valence-corrected chi connectivity index (χ2v) is 7.68. The van der Waals surface area contributed by atoms with E-state index in [9.17, 15) is 0 Å². The third kappa shape index (κ3) is 9.30. The Kier molecular flexibility index (Phi) is 10.2. The van der Waals surface area contributed by atoms with Crippen LogP contribution in [0.1, 0.15) is 97.3 Å². The van der Waals surface area contributed by atoms with E-state index in [0.717, 1.165) is 10.5 Å². The van der Waals surface area contributed by atoms with E-state index in [-0.39, 0.29) is 0 Å². The van der Waals surface area contributed by atoms with E-state index in [4.69, 9.17) is 0 Å². The molecular weight excluding hydrogens is 236 g/mol. The largest absolute Gasteiger partial charge is 0.153 e. The van der Waals surface area contributed by atoms with Crippen LogP contribution >= 0.6 is 11.8 Å². The van der Waals surface area contributed by atoms with Crippen LogP contribution in [0.4, 0.5) is 0 Å². The lowest BCUT2D eigenvalue weighted by atomic mass is 10.0. The van der Waals surface area contributed by atoms with Gasteiger partial charge < -0.3 is 0 Å². The summed E-state index contributed by atoms with van der Waals surface area (Å²) in [5.41, 5.74) is 0. The third-order valence-electron chi connectivity index (χ3n) is 4.18. The van der Waals surface area contributed by atoms with Crippen LogP contribution in [-0.2, 0) is 0 Å². The normalized spacial score (nSPS) is 22.3. The van der Waals surface area contributed by atoms with Crippen molar-refractivity contribution in [2.45, 2.75) is 108 Å². The molecule has 0 amide bonds. The molecule has 2 unspecified atom stereocenters. The number of thioether (sulfide) groups is 1. The van der Waals surface area contributed by atoms with Gasteiger partial charge in [0, 0.05) is 10.5 Å².